The van der Waals surface area contributed by atoms with Crippen molar-refractivity contribution < 1.29 is 8.42 Å². The van der Waals surface area contributed by atoms with Gasteiger partial charge in [0.15, 0.2) is 0 Å². The van der Waals surface area contributed by atoms with Gasteiger partial charge in [0.25, 0.3) is 0 Å². The fourth-order valence-corrected chi connectivity index (χ4v) is 4.27. The van der Waals surface area contributed by atoms with Crippen molar-refractivity contribution in [1.82, 2.24) is 9.71 Å². The van der Waals surface area contributed by atoms with Crippen LogP contribution in [-0.2, 0) is 10.0 Å². The van der Waals surface area contributed by atoms with Gasteiger partial charge >= 0.3 is 0 Å². The number of nitrogens with one attached hydrogen (secondary N) is 1. The summed E-state index contributed by atoms with van der Waals surface area (Å²) in [5, 5.41) is 0. The SMILES string of the molecule is CC1CCCCC1CNS(=O)(=O)c1cccnc1C(N)=S. The minimum atomic E-state index is -3.64. The molecule has 3 N–H and O–H groups in total. The van der Waals surface area contributed by atoms with E-state index in [1.165, 1.54) is 25.1 Å². The van der Waals surface area contributed by atoms with Gasteiger partial charge in [-0.3, -0.25) is 4.98 Å². The van der Waals surface area contributed by atoms with Crippen molar-refractivity contribution in [1.29, 1.82) is 0 Å². The molecular formula is C14H21N3O2S2. The standard InChI is InChI=1S/C14H21N3O2S2/c1-10-5-2-3-6-11(10)9-17-21(18,19)12-7-4-8-16-13(12)14(15)20/h4,7-8,10-11,17H,2-3,5-6,9H2,1H3,(H2,15,20). The summed E-state index contributed by atoms with van der Waals surface area (Å²) in [6.45, 7) is 2.64. The predicted octanol–water partition coefficient (Wildman–Crippen LogP) is 1.82. The quantitative estimate of drug-likeness (QED) is 0.806. The monoisotopic (exact) mass is 327 g/mol. The van der Waals surface area contributed by atoms with Gasteiger partial charge in [-0.1, -0.05) is 38.4 Å². The summed E-state index contributed by atoms with van der Waals surface area (Å²) >= 11 is 4.87. The summed E-state index contributed by atoms with van der Waals surface area (Å²) in [5.74, 6) is 0.934. The molecule has 5 nitrogen and oxygen atoms in total. The Morgan fingerprint density at radius 3 is 2.86 bits per heavy atom. The van der Waals surface area contributed by atoms with Crippen LogP contribution in [0.2, 0.25) is 0 Å². The lowest BCUT2D eigenvalue weighted by Gasteiger charge is -2.28. The van der Waals surface area contributed by atoms with E-state index in [1.54, 1.807) is 6.07 Å². The molecule has 21 heavy (non-hydrogen) atoms. The molecule has 1 heterocycles. The van der Waals surface area contributed by atoms with E-state index in [0.29, 0.717) is 18.4 Å². The van der Waals surface area contributed by atoms with Crippen LogP contribution in [0.15, 0.2) is 23.2 Å². The Balaban J connectivity index is 2.13. The molecule has 0 radical (unpaired) electrons. The molecule has 1 saturated carbocycles. The third-order valence-corrected chi connectivity index (χ3v) is 5.77. The smallest absolute Gasteiger partial charge is 0.242 e. The molecule has 0 bridgehead atoms. The first kappa shape index (κ1) is 16.3. The van der Waals surface area contributed by atoms with Crippen LogP contribution in [0.3, 0.4) is 0 Å². The van der Waals surface area contributed by atoms with Gasteiger partial charge in [-0.15, -0.1) is 0 Å². The summed E-state index contributed by atoms with van der Waals surface area (Å²) < 4.78 is 27.6. The number of pyridine rings is 1. The van der Waals surface area contributed by atoms with Crippen molar-refractivity contribution in [3.8, 4) is 0 Å². The molecule has 2 atom stereocenters. The third-order valence-electron chi connectivity index (χ3n) is 4.12. The van der Waals surface area contributed by atoms with Crippen LogP contribution < -0.4 is 10.5 Å². The Bertz CT molecular complexity index is 616. The van der Waals surface area contributed by atoms with Crippen LogP contribution in [0.5, 0.6) is 0 Å². The zero-order valence-corrected chi connectivity index (χ0v) is 13.7. The molecule has 1 aliphatic rings. The molecule has 0 aliphatic heterocycles. The number of thiocarbonyl (C=S) groups is 1. The fraction of sp³-hybridized carbons (Fsp3) is 0.571. The summed E-state index contributed by atoms with van der Waals surface area (Å²) in [4.78, 5) is 4.01. The normalized spacial score (nSPS) is 22.9. The van der Waals surface area contributed by atoms with Gasteiger partial charge < -0.3 is 5.73 Å². The first-order chi connectivity index (χ1) is 9.92. The van der Waals surface area contributed by atoms with Crippen LogP contribution in [-0.4, -0.2) is 24.9 Å². The molecule has 0 aromatic carbocycles. The van der Waals surface area contributed by atoms with Crippen LogP contribution in [0.1, 0.15) is 38.3 Å². The summed E-state index contributed by atoms with van der Waals surface area (Å²) in [5.41, 5.74) is 5.70. The van der Waals surface area contributed by atoms with Crippen molar-refractivity contribution in [2.45, 2.75) is 37.5 Å². The second-order valence-electron chi connectivity index (χ2n) is 5.59. The van der Waals surface area contributed by atoms with Gasteiger partial charge in [-0.2, -0.15) is 0 Å². The first-order valence-electron chi connectivity index (χ1n) is 7.16. The summed E-state index contributed by atoms with van der Waals surface area (Å²) in [6, 6.07) is 3.05. The van der Waals surface area contributed by atoms with Gasteiger partial charge in [0.05, 0.1) is 0 Å². The number of hydrogen-bond acceptors (Lipinski definition) is 4. The van der Waals surface area contributed by atoms with Gasteiger partial charge in [-0.05, 0) is 30.4 Å². The molecule has 1 fully saturated rings. The second kappa shape index (κ2) is 6.81. The van der Waals surface area contributed by atoms with Gasteiger partial charge in [0.1, 0.15) is 15.6 Å². The Hall–Kier alpha value is -1.05. The van der Waals surface area contributed by atoms with Crippen LogP contribution in [0, 0.1) is 11.8 Å². The molecule has 116 valence electrons. The van der Waals surface area contributed by atoms with E-state index in [9.17, 15) is 8.42 Å². The van der Waals surface area contributed by atoms with E-state index in [2.05, 4.69) is 16.6 Å². The fourth-order valence-electron chi connectivity index (χ4n) is 2.78. The maximum atomic E-state index is 12.4. The maximum absolute atomic E-state index is 12.4. The molecule has 0 saturated heterocycles. The molecule has 7 heteroatoms. The number of nitrogens with zero attached hydrogens (tertiary/aromatic N) is 1. The Labute approximate surface area is 131 Å². The maximum Gasteiger partial charge on any atom is 0.242 e. The van der Waals surface area contributed by atoms with E-state index >= 15 is 0 Å². The van der Waals surface area contributed by atoms with E-state index in [4.69, 9.17) is 18.0 Å². The average Bonchev–Trinajstić information content (AvgIpc) is 2.46. The zero-order valence-electron chi connectivity index (χ0n) is 12.1. The van der Waals surface area contributed by atoms with Crippen LogP contribution in [0.4, 0.5) is 0 Å². The summed E-state index contributed by atoms with van der Waals surface area (Å²) in [6.07, 6.45) is 6.12. The molecule has 1 aliphatic carbocycles. The number of sulfonamides is 1. The molecule has 1 aromatic rings. The largest absolute Gasteiger partial charge is 0.388 e. The lowest BCUT2D eigenvalue weighted by Crippen LogP contribution is -2.34. The first-order valence-corrected chi connectivity index (χ1v) is 9.05. The topological polar surface area (TPSA) is 85.1 Å². The van der Waals surface area contributed by atoms with Gasteiger partial charge in [-0.25, -0.2) is 13.1 Å². The van der Waals surface area contributed by atoms with E-state index in [1.807, 2.05) is 0 Å². The molecule has 0 spiro atoms. The van der Waals surface area contributed by atoms with Gasteiger partial charge in [0.2, 0.25) is 10.0 Å². The number of rotatable bonds is 5. The van der Waals surface area contributed by atoms with Crippen molar-refractivity contribution in [3.63, 3.8) is 0 Å². The Kier molecular flexibility index (Phi) is 5.29. The van der Waals surface area contributed by atoms with Crippen LogP contribution >= 0.6 is 12.2 Å². The van der Waals surface area contributed by atoms with E-state index < -0.39 is 10.0 Å². The van der Waals surface area contributed by atoms with Gasteiger partial charge in [0, 0.05) is 12.7 Å². The predicted molar refractivity (Wildman–Crippen MR) is 86.4 cm³/mol. The highest BCUT2D eigenvalue weighted by atomic mass is 32.2. The van der Waals surface area contributed by atoms with E-state index in [0.717, 1.165) is 12.8 Å². The highest BCUT2D eigenvalue weighted by Crippen LogP contribution is 2.29. The van der Waals surface area contributed by atoms with E-state index in [-0.39, 0.29) is 15.6 Å². The lowest BCUT2D eigenvalue weighted by atomic mass is 9.81. The van der Waals surface area contributed by atoms with Crippen molar-refractivity contribution >= 4 is 27.2 Å². The minimum Gasteiger partial charge on any atom is -0.388 e. The highest BCUT2D eigenvalue weighted by Gasteiger charge is 2.25. The average molecular weight is 327 g/mol. The Morgan fingerprint density at radius 2 is 2.19 bits per heavy atom. The highest BCUT2D eigenvalue weighted by molar-refractivity contribution is 7.89. The molecular weight excluding hydrogens is 306 g/mol. The zero-order chi connectivity index (χ0) is 15.5. The number of nitrogens with two attached hydrogens (primary N) is 1. The van der Waals surface area contributed by atoms with Crippen molar-refractivity contribution in [3.05, 3.63) is 24.0 Å². The number of aromatic nitrogens is 1. The van der Waals surface area contributed by atoms with Crippen molar-refractivity contribution in [2.24, 2.45) is 17.6 Å². The minimum absolute atomic E-state index is 0.0120. The summed E-state index contributed by atoms with van der Waals surface area (Å²) in [7, 11) is -3.64. The molecule has 2 rings (SSSR count). The molecule has 1 aromatic heterocycles. The Morgan fingerprint density at radius 1 is 1.48 bits per heavy atom. The van der Waals surface area contributed by atoms with Crippen LogP contribution in [0.25, 0.3) is 0 Å². The van der Waals surface area contributed by atoms with Crippen molar-refractivity contribution in [2.75, 3.05) is 6.54 Å². The molecule has 2 unspecified atom stereocenters. The molecule has 0 amide bonds. The second-order valence-corrected chi connectivity index (χ2v) is 7.76. The lowest BCUT2D eigenvalue weighted by molar-refractivity contribution is 0.257. The number of hydrogen-bond donors (Lipinski definition) is 2. The third kappa shape index (κ3) is 3.99.